The number of ether oxygens (including phenoxy) is 1. The molecule has 0 saturated heterocycles. The van der Waals surface area contributed by atoms with Crippen LogP contribution in [0.25, 0.3) is 11.0 Å². The van der Waals surface area contributed by atoms with Gasteiger partial charge in [0.1, 0.15) is 12.2 Å². The molecule has 8 heteroatoms. The van der Waals surface area contributed by atoms with Gasteiger partial charge in [0, 0.05) is 36.7 Å². The van der Waals surface area contributed by atoms with Crippen molar-refractivity contribution in [2.75, 3.05) is 18.5 Å². The Bertz CT molecular complexity index is 867. The minimum Gasteiger partial charge on any atom is -0.465 e. The van der Waals surface area contributed by atoms with Crippen molar-refractivity contribution in [1.29, 1.82) is 5.41 Å². The van der Waals surface area contributed by atoms with Crippen LogP contribution in [0.1, 0.15) is 39.5 Å². The highest BCUT2D eigenvalue weighted by atomic mass is 16.5. The maximum Gasteiger partial charge on any atom is 0.325 e. The number of carbonyl (C=O) groups excluding carboxylic acids is 1. The first-order valence-electron chi connectivity index (χ1n) is 9.71. The number of rotatable bonds is 9. The van der Waals surface area contributed by atoms with E-state index < -0.39 is 0 Å². The van der Waals surface area contributed by atoms with Crippen LogP contribution in [0.4, 0.5) is 5.95 Å². The van der Waals surface area contributed by atoms with Crippen molar-refractivity contribution in [3.8, 4) is 0 Å². The molecular weight excluding hydrogens is 356 g/mol. The summed E-state index contributed by atoms with van der Waals surface area (Å²) in [6.45, 7) is 5.42. The summed E-state index contributed by atoms with van der Waals surface area (Å²) in [7, 11) is 0. The first-order valence-corrected chi connectivity index (χ1v) is 9.71. The number of esters is 1. The molecular formula is C20H28N6O2. The summed E-state index contributed by atoms with van der Waals surface area (Å²) in [4.78, 5) is 20.4. The summed E-state index contributed by atoms with van der Waals surface area (Å²) in [5, 5.41) is 14.4. The Kier molecular flexibility index (Phi) is 6.28. The van der Waals surface area contributed by atoms with Crippen LogP contribution < -0.4 is 10.6 Å². The Morgan fingerprint density at radius 1 is 1.43 bits per heavy atom. The van der Waals surface area contributed by atoms with Gasteiger partial charge in [-0.25, -0.2) is 4.98 Å². The van der Waals surface area contributed by atoms with E-state index in [-0.39, 0.29) is 12.5 Å². The maximum atomic E-state index is 11.4. The minimum atomic E-state index is -0.348. The first-order chi connectivity index (χ1) is 13.5. The lowest BCUT2D eigenvalue weighted by Gasteiger charge is -2.24. The second kappa shape index (κ2) is 8.86. The third-order valence-electron chi connectivity index (χ3n) is 5.09. The lowest BCUT2D eigenvalue weighted by Crippen LogP contribution is -2.22. The molecule has 150 valence electrons. The zero-order valence-electron chi connectivity index (χ0n) is 16.5. The summed E-state index contributed by atoms with van der Waals surface area (Å²) in [6.07, 6.45) is 11.6. The van der Waals surface area contributed by atoms with Gasteiger partial charge < -0.3 is 25.3 Å². The summed E-state index contributed by atoms with van der Waals surface area (Å²) >= 11 is 0. The van der Waals surface area contributed by atoms with Gasteiger partial charge in [-0.2, -0.15) is 4.98 Å². The Morgan fingerprint density at radius 2 is 2.21 bits per heavy atom. The summed E-state index contributed by atoms with van der Waals surface area (Å²) in [5.41, 5.74) is 1.65. The molecule has 0 spiro atoms. The van der Waals surface area contributed by atoms with Gasteiger partial charge in [-0.3, -0.25) is 4.79 Å². The van der Waals surface area contributed by atoms with E-state index in [0.29, 0.717) is 23.7 Å². The summed E-state index contributed by atoms with van der Waals surface area (Å²) in [6, 6.07) is 2.03. The third-order valence-corrected chi connectivity index (χ3v) is 5.09. The van der Waals surface area contributed by atoms with Crippen molar-refractivity contribution in [3.05, 3.63) is 30.4 Å². The Balaban J connectivity index is 1.71. The van der Waals surface area contributed by atoms with Crippen molar-refractivity contribution >= 4 is 29.2 Å². The van der Waals surface area contributed by atoms with Gasteiger partial charge in [0.25, 0.3) is 0 Å². The lowest BCUT2D eigenvalue weighted by atomic mass is 9.89. The molecule has 28 heavy (non-hydrogen) atoms. The number of nitrogens with zero attached hydrogens (tertiary/aromatic N) is 3. The molecule has 1 aliphatic carbocycles. The van der Waals surface area contributed by atoms with Crippen LogP contribution in [0.15, 0.2) is 30.4 Å². The fourth-order valence-electron chi connectivity index (χ4n) is 3.66. The second-order valence-electron chi connectivity index (χ2n) is 7.49. The number of nitrogens with one attached hydrogen (secondary N) is 3. The molecule has 0 unspecified atom stereocenters. The molecule has 1 fully saturated rings. The molecule has 0 aliphatic heterocycles. The highest BCUT2D eigenvalue weighted by molar-refractivity contribution is 5.81. The SMILES string of the molecule is CCOC(=O)CN/C=C(\C=N)Nc1ncc2ccn(CC3(C)CCCC3)c2n1. The van der Waals surface area contributed by atoms with Crippen LogP contribution in [0.2, 0.25) is 0 Å². The van der Waals surface area contributed by atoms with Crippen molar-refractivity contribution in [2.45, 2.75) is 46.1 Å². The molecule has 0 amide bonds. The van der Waals surface area contributed by atoms with Crippen molar-refractivity contribution in [2.24, 2.45) is 5.41 Å². The van der Waals surface area contributed by atoms with E-state index in [1.807, 2.05) is 6.07 Å². The Hall–Kier alpha value is -2.90. The molecule has 8 nitrogen and oxygen atoms in total. The molecule has 0 radical (unpaired) electrons. The van der Waals surface area contributed by atoms with Gasteiger partial charge in [0.05, 0.1) is 12.3 Å². The predicted molar refractivity (Wildman–Crippen MR) is 109 cm³/mol. The number of fused-ring (bicyclic) bond motifs is 1. The average Bonchev–Trinajstić information content (AvgIpc) is 3.28. The molecule has 0 aromatic carbocycles. The number of hydrogen-bond acceptors (Lipinski definition) is 7. The highest BCUT2D eigenvalue weighted by Crippen LogP contribution is 2.39. The van der Waals surface area contributed by atoms with Gasteiger partial charge in [-0.05, 0) is 31.2 Å². The molecule has 0 atom stereocenters. The van der Waals surface area contributed by atoms with Gasteiger partial charge in [-0.1, -0.05) is 19.8 Å². The van der Waals surface area contributed by atoms with Crippen LogP contribution in [0, 0.1) is 10.8 Å². The molecule has 3 rings (SSSR count). The van der Waals surface area contributed by atoms with E-state index in [2.05, 4.69) is 38.3 Å². The molecule has 1 saturated carbocycles. The van der Waals surface area contributed by atoms with Gasteiger partial charge in [0.15, 0.2) is 0 Å². The number of aromatic nitrogens is 3. The number of anilines is 1. The van der Waals surface area contributed by atoms with Crippen molar-refractivity contribution in [1.82, 2.24) is 19.9 Å². The molecule has 2 aromatic heterocycles. The quantitative estimate of drug-likeness (QED) is 0.453. The maximum absolute atomic E-state index is 11.4. The topological polar surface area (TPSA) is 105 Å². The van der Waals surface area contributed by atoms with E-state index in [1.54, 1.807) is 13.1 Å². The van der Waals surface area contributed by atoms with E-state index >= 15 is 0 Å². The van der Waals surface area contributed by atoms with E-state index in [4.69, 9.17) is 10.1 Å². The second-order valence-corrected chi connectivity index (χ2v) is 7.49. The fraction of sp³-hybridized carbons (Fsp3) is 0.500. The summed E-state index contributed by atoms with van der Waals surface area (Å²) < 4.78 is 7.05. The van der Waals surface area contributed by atoms with Gasteiger partial charge >= 0.3 is 5.97 Å². The van der Waals surface area contributed by atoms with Crippen LogP contribution in [0.5, 0.6) is 0 Å². The van der Waals surface area contributed by atoms with Crippen molar-refractivity contribution < 1.29 is 9.53 Å². The monoisotopic (exact) mass is 384 g/mol. The van der Waals surface area contributed by atoms with E-state index in [9.17, 15) is 4.79 Å². The third kappa shape index (κ3) is 4.88. The number of allylic oxidation sites excluding steroid dienone is 1. The van der Waals surface area contributed by atoms with Gasteiger partial charge in [0.2, 0.25) is 5.95 Å². The Morgan fingerprint density at radius 3 is 2.93 bits per heavy atom. The smallest absolute Gasteiger partial charge is 0.325 e. The largest absolute Gasteiger partial charge is 0.465 e. The fourth-order valence-corrected chi connectivity index (χ4v) is 3.66. The lowest BCUT2D eigenvalue weighted by molar-refractivity contribution is -0.141. The van der Waals surface area contributed by atoms with Crippen LogP contribution >= 0.6 is 0 Å². The molecule has 2 heterocycles. The van der Waals surface area contributed by atoms with Gasteiger partial charge in [-0.15, -0.1) is 0 Å². The molecule has 3 N–H and O–H groups in total. The normalized spacial score (nSPS) is 16.1. The summed E-state index contributed by atoms with van der Waals surface area (Å²) in [5.74, 6) is 0.0655. The minimum absolute atomic E-state index is 0.0359. The van der Waals surface area contributed by atoms with Crippen LogP contribution in [-0.4, -0.2) is 39.9 Å². The van der Waals surface area contributed by atoms with E-state index in [1.165, 1.54) is 31.9 Å². The predicted octanol–water partition coefficient (Wildman–Crippen LogP) is 3.07. The van der Waals surface area contributed by atoms with Crippen LogP contribution in [-0.2, 0) is 16.1 Å². The number of carbonyl (C=O) groups is 1. The zero-order valence-corrected chi connectivity index (χ0v) is 16.5. The standard InChI is InChI=1S/C20H28N6O2/c1-3-28-17(27)13-22-12-16(10-21)24-19-23-11-15-6-9-26(18(15)25-19)14-20(2)7-4-5-8-20/h6,9-12,21-22H,3-5,7-8,13-14H2,1-2H3,(H,23,24,25)/b16-12+,21-10?. The first kappa shape index (κ1) is 19.9. The average molecular weight is 384 g/mol. The molecule has 0 bridgehead atoms. The molecule has 2 aromatic rings. The van der Waals surface area contributed by atoms with Crippen molar-refractivity contribution in [3.63, 3.8) is 0 Å². The Labute approximate surface area is 164 Å². The highest BCUT2D eigenvalue weighted by Gasteiger charge is 2.29. The van der Waals surface area contributed by atoms with Crippen LogP contribution in [0.3, 0.4) is 0 Å². The zero-order chi connectivity index (χ0) is 20.0. The van der Waals surface area contributed by atoms with E-state index in [0.717, 1.165) is 23.8 Å². The number of hydrogen-bond donors (Lipinski definition) is 3. The molecule has 1 aliphatic rings.